The highest BCUT2D eigenvalue weighted by Crippen LogP contribution is 2.36. The van der Waals surface area contributed by atoms with E-state index in [1.165, 1.54) is 28.0 Å². The van der Waals surface area contributed by atoms with Crippen LogP contribution in [0.5, 0.6) is 0 Å². The minimum absolute atomic E-state index is 0.156. The first-order valence-corrected chi connectivity index (χ1v) is 11.3. The first kappa shape index (κ1) is 25.1. The van der Waals surface area contributed by atoms with Crippen molar-refractivity contribution in [2.45, 2.75) is 12.5 Å². The number of rotatable bonds is 8. The van der Waals surface area contributed by atoms with Crippen molar-refractivity contribution in [2.75, 3.05) is 10.2 Å². The molecule has 0 aliphatic heterocycles. The second kappa shape index (κ2) is 11.2. The van der Waals surface area contributed by atoms with Gasteiger partial charge in [-0.3, -0.25) is 19.3 Å². The minimum atomic E-state index is -0.816. The molecule has 0 bridgehead atoms. The Morgan fingerprint density at radius 3 is 2.43 bits per heavy atom. The summed E-state index contributed by atoms with van der Waals surface area (Å²) in [7, 11) is 0. The highest BCUT2D eigenvalue weighted by atomic mass is 35.5. The number of aromatic nitrogens is 4. The van der Waals surface area contributed by atoms with Crippen LogP contribution in [0.4, 0.5) is 11.4 Å². The Labute approximate surface area is 217 Å². The van der Waals surface area contributed by atoms with Crippen LogP contribution in [0.3, 0.4) is 0 Å². The van der Waals surface area contributed by atoms with E-state index < -0.39 is 23.8 Å². The molecule has 3 aromatic carbocycles. The average Bonchev–Trinajstić information content (AvgIpc) is 3.44. The topological polar surface area (TPSA) is 136 Å². The fraction of sp³-hybridized carbons (Fsp3) is 0.0769. The van der Waals surface area contributed by atoms with Crippen LogP contribution in [0.2, 0.25) is 5.02 Å². The minimum Gasteiger partial charge on any atom is -0.366 e. The normalized spacial score (nSPS) is 11.2. The standard InChI is InChI=1S/C26H20ClN7O3/c1-2-25(36)34(23-14-19(27)10-13-21(23)33-16-29-31-32-33)22(17-6-4-3-5-7-17)15-24(35)30-20-11-8-18(9-12-20)26(28)37/h1,3-14,16,22H,15H2,(H2,28,37)(H,30,35)/t22-/m0/s1. The number of anilines is 2. The largest absolute Gasteiger partial charge is 0.366 e. The van der Waals surface area contributed by atoms with Crippen LogP contribution < -0.4 is 16.0 Å². The molecule has 11 heteroatoms. The summed E-state index contributed by atoms with van der Waals surface area (Å²) < 4.78 is 1.37. The molecule has 3 N–H and O–H groups in total. The van der Waals surface area contributed by atoms with Gasteiger partial charge < -0.3 is 11.1 Å². The number of carbonyl (C=O) groups is 3. The molecule has 4 rings (SSSR count). The maximum Gasteiger partial charge on any atom is 0.303 e. The van der Waals surface area contributed by atoms with E-state index in [1.807, 2.05) is 6.07 Å². The van der Waals surface area contributed by atoms with Gasteiger partial charge in [-0.2, -0.15) is 4.68 Å². The van der Waals surface area contributed by atoms with Crippen molar-refractivity contribution >= 4 is 40.7 Å². The highest BCUT2D eigenvalue weighted by Gasteiger charge is 2.31. The molecule has 1 atom stereocenters. The molecule has 0 aliphatic carbocycles. The van der Waals surface area contributed by atoms with Crippen molar-refractivity contribution < 1.29 is 14.4 Å². The molecule has 0 spiro atoms. The lowest BCUT2D eigenvalue weighted by Gasteiger charge is -2.32. The molecular formula is C26H20ClN7O3. The number of amides is 3. The van der Waals surface area contributed by atoms with E-state index in [4.69, 9.17) is 23.8 Å². The Hall–Kier alpha value is -5.01. The zero-order valence-corrected chi connectivity index (χ0v) is 20.0. The fourth-order valence-electron chi connectivity index (χ4n) is 3.78. The van der Waals surface area contributed by atoms with Crippen LogP contribution in [0.15, 0.2) is 79.1 Å². The number of terminal acetylenes is 1. The number of tetrazole rings is 1. The molecule has 0 unspecified atom stereocenters. The molecule has 0 aliphatic rings. The average molecular weight is 514 g/mol. The number of nitrogens with one attached hydrogen (secondary N) is 1. The van der Waals surface area contributed by atoms with Gasteiger partial charge in [0.25, 0.3) is 0 Å². The molecule has 4 aromatic rings. The smallest absolute Gasteiger partial charge is 0.303 e. The van der Waals surface area contributed by atoms with E-state index in [-0.39, 0.29) is 6.42 Å². The van der Waals surface area contributed by atoms with E-state index in [2.05, 4.69) is 26.8 Å². The highest BCUT2D eigenvalue weighted by molar-refractivity contribution is 6.31. The van der Waals surface area contributed by atoms with Gasteiger partial charge >= 0.3 is 5.91 Å². The lowest BCUT2D eigenvalue weighted by molar-refractivity contribution is -0.117. The lowest BCUT2D eigenvalue weighted by Crippen LogP contribution is -2.37. The van der Waals surface area contributed by atoms with Gasteiger partial charge in [-0.15, -0.1) is 11.5 Å². The molecule has 0 saturated heterocycles. The number of primary amides is 1. The maximum atomic E-state index is 13.2. The monoisotopic (exact) mass is 513 g/mol. The van der Waals surface area contributed by atoms with Gasteiger partial charge in [0, 0.05) is 16.3 Å². The van der Waals surface area contributed by atoms with Crippen LogP contribution >= 0.6 is 11.6 Å². The summed E-state index contributed by atoms with van der Waals surface area (Å²) in [6.45, 7) is 0. The number of halogens is 1. The number of carbonyl (C=O) groups excluding carboxylic acids is 3. The van der Waals surface area contributed by atoms with Crippen molar-refractivity contribution in [3.05, 3.63) is 95.3 Å². The molecular weight excluding hydrogens is 494 g/mol. The Balaban J connectivity index is 1.75. The summed E-state index contributed by atoms with van der Waals surface area (Å²) >= 11 is 6.31. The summed E-state index contributed by atoms with van der Waals surface area (Å²) in [5.41, 5.74) is 7.45. The quantitative estimate of drug-likeness (QED) is 0.347. The van der Waals surface area contributed by atoms with E-state index >= 15 is 0 Å². The summed E-state index contributed by atoms with van der Waals surface area (Å²) in [5, 5.41) is 14.4. The number of nitrogens with two attached hydrogens (primary N) is 1. The van der Waals surface area contributed by atoms with Crippen LogP contribution in [-0.2, 0) is 9.59 Å². The SMILES string of the molecule is C#CC(=O)N(c1cc(Cl)ccc1-n1cnnn1)[C@@H](CC(=O)Nc1ccc(C(N)=O)cc1)c1ccccc1. The van der Waals surface area contributed by atoms with Gasteiger partial charge in [0.2, 0.25) is 11.8 Å². The lowest BCUT2D eigenvalue weighted by atomic mass is 9.99. The van der Waals surface area contributed by atoms with Crippen LogP contribution in [0.1, 0.15) is 28.4 Å². The van der Waals surface area contributed by atoms with Crippen molar-refractivity contribution in [1.82, 2.24) is 20.2 Å². The van der Waals surface area contributed by atoms with Crippen molar-refractivity contribution in [3.8, 4) is 18.0 Å². The van der Waals surface area contributed by atoms with Gasteiger partial charge in [0.15, 0.2) is 0 Å². The maximum absolute atomic E-state index is 13.2. The van der Waals surface area contributed by atoms with Gasteiger partial charge in [-0.1, -0.05) is 41.9 Å². The zero-order valence-electron chi connectivity index (χ0n) is 19.3. The predicted molar refractivity (Wildman–Crippen MR) is 138 cm³/mol. The van der Waals surface area contributed by atoms with Gasteiger partial charge in [-0.05, 0) is 64.4 Å². The Morgan fingerprint density at radius 2 is 1.81 bits per heavy atom. The van der Waals surface area contributed by atoms with Gasteiger partial charge in [-0.25, -0.2) is 0 Å². The Bertz CT molecular complexity index is 1470. The first-order chi connectivity index (χ1) is 17.9. The predicted octanol–water partition coefficient (Wildman–Crippen LogP) is 3.15. The summed E-state index contributed by atoms with van der Waals surface area (Å²) in [6.07, 6.45) is 6.78. The first-order valence-electron chi connectivity index (χ1n) is 10.9. The van der Waals surface area contributed by atoms with Gasteiger partial charge in [0.1, 0.15) is 6.33 Å². The van der Waals surface area contributed by atoms with Crippen LogP contribution in [0, 0.1) is 12.3 Å². The Morgan fingerprint density at radius 1 is 1.08 bits per heavy atom. The van der Waals surface area contributed by atoms with Crippen molar-refractivity contribution in [1.29, 1.82) is 0 Å². The van der Waals surface area contributed by atoms with Crippen molar-refractivity contribution in [2.24, 2.45) is 5.73 Å². The third-order valence-corrected chi connectivity index (χ3v) is 5.70. The second-order valence-corrected chi connectivity index (χ2v) is 8.26. The summed E-state index contributed by atoms with van der Waals surface area (Å²) in [5.74, 6) is 0.483. The Kier molecular flexibility index (Phi) is 7.56. The molecule has 184 valence electrons. The van der Waals surface area contributed by atoms with E-state index in [1.54, 1.807) is 54.6 Å². The second-order valence-electron chi connectivity index (χ2n) is 7.83. The number of hydrogen-bond donors (Lipinski definition) is 2. The summed E-state index contributed by atoms with van der Waals surface area (Å²) in [6, 6.07) is 19.1. The van der Waals surface area contributed by atoms with E-state index in [0.29, 0.717) is 33.2 Å². The third-order valence-electron chi connectivity index (χ3n) is 5.46. The van der Waals surface area contributed by atoms with Crippen molar-refractivity contribution in [3.63, 3.8) is 0 Å². The molecule has 0 radical (unpaired) electrons. The zero-order chi connectivity index (χ0) is 26.4. The molecule has 1 heterocycles. The fourth-order valence-corrected chi connectivity index (χ4v) is 3.95. The molecule has 3 amide bonds. The summed E-state index contributed by atoms with van der Waals surface area (Å²) in [4.78, 5) is 39.1. The molecule has 0 fully saturated rings. The number of hydrogen-bond acceptors (Lipinski definition) is 6. The molecule has 0 saturated carbocycles. The van der Waals surface area contributed by atoms with E-state index in [9.17, 15) is 14.4 Å². The molecule has 1 aromatic heterocycles. The molecule has 10 nitrogen and oxygen atoms in total. The number of nitrogens with zero attached hydrogens (tertiary/aromatic N) is 5. The number of benzene rings is 3. The van der Waals surface area contributed by atoms with Crippen LogP contribution in [0.25, 0.3) is 5.69 Å². The van der Waals surface area contributed by atoms with Crippen LogP contribution in [-0.4, -0.2) is 37.9 Å². The van der Waals surface area contributed by atoms with E-state index in [0.717, 1.165) is 0 Å². The third kappa shape index (κ3) is 5.80. The molecule has 37 heavy (non-hydrogen) atoms. The van der Waals surface area contributed by atoms with Gasteiger partial charge in [0.05, 0.1) is 23.8 Å².